The lowest BCUT2D eigenvalue weighted by Gasteiger charge is -2.08. The van der Waals surface area contributed by atoms with E-state index in [1.54, 1.807) is 11.6 Å². The second-order valence-electron chi connectivity index (χ2n) is 7.77. The Morgan fingerprint density at radius 2 is 1.52 bits per heavy atom. The Morgan fingerprint density at radius 1 is 0.839 bits per heavy atom. The van der Waals surface area contributed by atoms with Crippen molar-refractivity contribution >= 4 is 34.0 Å². The SMILES string of the molecule is Cc1c(/C=C/c2nc3ccccc3c(=O)n2C)c2ccccc2n1Cc1ccccc1. The Balaban J connectivity index is 1.63. The fourth-order valence-electron chi connectivity index (χ4n) is 4.18. The Morgan fingerprint density at radius 3 is 2.32 bits per heavy atom. The number of rotatable bonds is 4. The maximum Gasteiger partial charge on any atom is 0.261 e. The van der Waals surface area contributed by atoms with E-state index >= 15 is 0 Å². The molecular weight excluding hydrogens is 382 g/mol. The van der Waals surface area contributed by atoms with E-state index in [1.807, 2.05) is 36.4 Å². The minimum atomic E-state index is -0.0338. The molecule has 152 valence electrons. The predicted octanol–water partition coefficient (Wildman–Crippen LogP) is 5.42. The quantitative estimate of drug-likeness (QED) is 0.401. The second kappa shape index (κ2) is 7.73. The molecule has 2 aromatic heterocycles. The lowest BCUT2D eigenvalue weighted by molar-refractivity contribution is 0.804. The molecule has 0 aliphatic rings. The van der Waals surface area contributed by atoms with E-state index in [4.69, 9.17) is 4.98 Å². The number of fused-ring (bicyclic) bond motifs is 2. The van der Waals surface area contributed by atoms with Crippen molar-refractivity contribution in [2.45, 2.75) is 13.5 Å². The van der Waals surface area contributed by atoms with Gasteiger partial charge in [0.05, 0.1) is 10.9 Å². The number of para-hydroxylation sites is 2. The van der Waals surface area contributed by atoms with E-state index < -0.39 is 0 Å². The molecule has 0 unspecified atom stereocenters. The summed E-state index contributed by atoms with van der Waals surface area (Å²) >= 11 is 0. The highest BCUT2D eigenvalue weighted by Gasteiger charge is 2.13. The van der Waals surface area contributed by atoms with Gasteiger partial charge in [-0.1, -0.05) is 60.7 Å². The van der Waals surface area contributed by atoms with Crippen molar-refractivity contribution in [1.29, 1.82) is 0 Å². The molecule has 0 bridgehead atoms. The maximum atomic E-state index is 12.7. The van der Waals surface area contributed by atoms with E-state index in [0.29, 0.717) is 16.7 Å². The lowest BCUT2D eigenvalue weighted by atomic mass is 10.1. The minimum absolute atomic E-state index is 0.0338. The van der Waals surface area contributed by atoms with Crippen LogP contribution >= 0.6 is 0 Å². The largest absolute Gasteiger partial charge is 0.340 e. The van der Waals surface area contributed by atoms with Crippen molar-refractivity contribution in [2.75, 3.05) is 0 Å². The molecule has 0 N–H and O–H groups in total. The lowest BCUT2D eigenvalue weighted by Crippen LogP contribution is -2.20. The third-order valence-corrected chi connectivity index (χ3v) is 5.88. The zero-order valence-electron chi connectivity index (χ0n) is 17.6. The van der Waals surface area contributed by atoms with E-state index in [2.05, 4.69) is 66.1 Å². The highest BCUT2D eigenvalue weighted by molar-refractivity contribution is 5.93. The fourth-order valence-corrected chi connectivity index (χ4v) is 4.18. The van der Waals surface area contributed by atoms with Gasteiger partial charge in [-0.15, -0.1) is 0 Å². The van der Waals surface area contributed by atoms with Crippen LogP contribution in [0.15, 0.2) is 83.7 Å². The molecule has 0 saturated carbocycles. The topological polar surface area (TPSA) is 39.8 Å². The molecule has 0 atom stereocenters. The van der Waals surface area contributed by atoms with Gasteiger partial charge in [-0.2, -0.15) is 0 Å². The van der Waals surface area contributed by atoms with Gasteiger partial charge in [0.15, 0.2) is 0 Å². The molecule has 0 saturated heterocycles. The predicted molar refractivity (Wildman–Crippen MR) is 128 cm³/mol. The number of benzene rings is 3. The molecule has 0 radical (unpaired) electrons. The smallest absolute Gasteiger partial charge is 0.261 e. The van der Waals surface area contributed by atoms with Crippen molar-refractivity contribution in [2.24, 2.45) is 7.05 Å². The van der Waals surface area contributed by atoms with Crippen LogP contribution in [-0.4, -0.2) is 14.1 Å². The summed E-state index contributed by atoms with van der Waals surface area (Å²) in [7, 11) is 1.77. The van der Waals surface area contributed by atoms with Crippen LogP contribution < -0.4 is 5.56 Å². The van der Waals surface area contributed by atoms with Gasteiger partial charge >= 0.3 is 0 Å². The number of hydrogen-bond donors (Lipinski definition) is 0. The maximum absolute atomic E-state index is 12.7. The van der Waals surface area contributed by atoms with Gasteiger partial charge in [-0.25, -0.2) is 4.98 Å². The normalized spacial score (nSPS) is 11.7. The van der Waals surface area contributed by atoms with Gasteiger partial charge in [0.1, 0.15) is 5.82 Å². The minimum Gasteiger partial charge on any atom is -0.340 e. The zero-order chi connectivity index (χ0) is 21.4. The van der Waals surface area contributed by atoms with Gasteiger partial charge in [-0.3, -0.25) is 9.36 Å². The fraction of sp³-hybridized carbons (Fsp3) is 0.111. The number of nitrogens with zero attached hydrogens (tertiary/aromatic N) is 3. The van der Waals surface area contributed by atoms with E-state index in [1.165, 1.54) is 22.2 Å². The summed E-state index contributed by atoms with van der Waals surface area (Å²) in [6.07, 6.45) is 4.02. The first-order valence-corrected chi connectivity index (χ1v) is 10.4. The summed E-state index contributed by atoms with van der Waals surface area (Å²) in [5.74, 6) is 0.642. The van der Waals surface area contributed by atoms with Gasteiger partial charge in [0.25, 0.3) is 5.56 Å². The number of hydrogen-bond acceptors (Lipinski definition) is 2. The second-order valence-corrected chi connectivity index (χ2v) is 7.77. The summed E-state index contributed by atoms with van der Waals surface area (Å²) in [6.45, 7) is 2.96. The average molecular weight is 406 g/mol. The number of aromatic nitrogens is 3. The van der Waals surface area contributed by atoms with E-state index in [-0.39, 0.29) is 5.56 Å². The average Bonchev–Trinajstić information content (AvgIpc) is 3.07. The van der Waals surface area contributed by atoms with Gasteiger partial charge < -0.3 is 4.57 Å². The third kappa shape index (κ3) is 3.36. The Labute approximate surface area is 180 Å². The monoisotopic (exact) mass is 405 g/mol. The first kappa shape index (κ1) is 19.1. The summed E-state index contributed by atoms with van der Waals surface area (Å²) in [5.41, 5.74) is 5.48. The Kier molecular flexibility index (Phi) is 4.75. The molecule has 0 spiro atoms. The Bertz CT molecular complexity index is 1490. The highest BCUT2D eigenvalue weighted by Crippen LogP contribution is 2.28. The third-order valence-electron chi connectivity index (χ3n) is 5.88. The van der Waals surface area contributed by atoms with Crippen molar-refractivity contribution in [3.05, 3.63) is 112 Å². The molecule has 31 heavy (non-hydrogen) atoms. The van der Waals surface area contributed by atoms with Crippen LogP contribution in [0.1, 0.15) is 22.6 Å². The zero-order valence-corrected chi connectivity index (χ0v) is 17.6. The molecule has 0 amide bonds. The van der Waals surface area contributed by atoms with Gasteiger partial charge in [0, 0.05) is 35.8 Å². The summed E-state index contributed by atoms with van der Waals surface area (Å²) in [5, 5.41) is 1.83. The van der Waals surface area contributed by atoms with Gasteiger partial charge in [-0.05, 0) is 42.8 Å². The first-order valence-electron chi connectivity index (χ1n) is 10.4. The summed E-state index contributed by atoms with van der Waals surface area (Å²) < 4.78 is 3.95. The first-order chi connectivity index (χ1) is 15.1. The van der Waals surface area contributed by atoms with E-state index in [9.17, 15) is 4.79 Å². The van der Waals surface area contributed by atoms with Crippen molar-refractivity contribution < 1.29 is 0 Å². The van der Waals surface area contributed by atoms with Crippen molar-refractivity contribution in [3.63, 3.8) is 0 Å². The molecule has 3 aromatic carbocycles. The molecular formula is C27H23N3O. The summed E-state index contributed by atoms with van der Waals surface area (Å²) in [4.78, 5) is 17.4. The molecule has 0 fully saturated rings. The van der Waals surface area contributed by atoms with Crippen LogP contribution in [0.25, 0.3) is 34.0 Å². The molecule has 0 aliphatic heterocycles. The molecule has 5 rings (SSSR count). The van der Waals surface area contributed by atoms with E-state index in [0.717, 1.165) is 12.1 Å². The molecule has 5 aromatic rings. The molecule has 0 aliphatic carbocycles. The standard InChI is InChI=1S/C27H23N3O/c1-19-21(16-17-26-28-24-14-8-6-13-23(24)27(31)29(26)2)22-12-7-9-15-25(22)30(19)18-20-10-4-3-5-11-20/h3-17H,18H2,1-2H3/b17-16+. The summed E-state index contributed by atoms with van der Waals surface area (Å²) in [6, 6.07) is 26.4. The van der Waals surface area contributed by atoms with Gasteiger partial charge in [0.2, 0.25) is 0 Å². The van der Waals surface area contributed by atoms with Crippen LogP contribution in [-0.2, 0) is 13.6 Å². The molecule has 4 heteroatoms. The highest BCUT2D eigenvalue weighted by atomic mass is 16.1. The van der Waals surface area contributed by atoms with Crippen LogP contribution in [0.5, 0.6) is 0 Å². The molecule has 2 heterocycles. The van der Waals surface area contributed by atoms with Crippen molar-refractivity contribution in [3.8, 4) is 0 Å². The molecule has 4 nitrogen and oxygen atoms in total. The Hall–Kier alpha value is -3.92. The van der Waals surface area contributed by atoms with Crippen molar-refractivity contribution in [1.82, 2.24) is 14.1 Å². The van der Waals surface area contributed by atoms with Crippen LogP contribution in [0.4, 0.5) is 0 Å². The van der Waals surface area contributed by atoms with Crippen LogP contribution in [0.3, 0.4) is 0 Å². The van der Waals surface area contributed by atoms with Crippen LogP contribution in [0.2, 0.25) is 0 Å². The van der Waals surface area contributed by atoms with Crippen LogP contribution in [0, 0.1) is 6.92 Å².